The van der Waals surface area contributed by atoms with Crippen LogP contribution >= 0.6 is 11.3 Å². The van der Waals surface area contributed by atoms with Crippen LogP contribution in [0.2, 0.25) is 0 Å². The fraction of sp³-hybridized carbons (Fsp3) is 0.286. The Hall–Kier alpha value is -2.29. The van der Waals surface area contributed by atoms with Crippen molar-refractivity contribution in [2.24, 2.45) is 0 Å². The first-order chi connectivity index (χ1) is 13.9. The monoisotopic (exact) mass is 431 g/mol. The number of nitrogens with zero attached hydrogens (tertiary/aromatic N) is 3. The van der Waals surface area contributed by atoms with Crippen LogP contribution in [0.25, 0.3) is 10.4 Å². The first kappa shape index (κ1) is 20.0. The van der Waals surface area contributed by atoms with Crippen molar-refractivity contribution in [3.63, 3.8) is 0 Å². The molecule has 0 N–H and O–H groups in total. The standard InChI is InChI=1S/C21H22FN3O2S2/c1-29(26,27)20-6-3-9-23-21(20)25-12-10-24(11-13-25)15-18-7-8-19(28-18)16-4-2-5-17(22)14-16/h2-9,14H,10-13,15H2,1H3. The van der Waals surface area contributed by atoms with Gasteiger partial charge in [-0.25, -0.2) is 17.8 Å². The lowest BCUT2D eigenvalue weighted by atomic mass is 10.2. The average molecular weight is 432 g/mol. The Morgan fingerprint density at radius 2 is 1.86 bits per heavy atom. The second-order valence-electron chi connectivity index (χ2n) is 7.14. The maximum Gasteiger partial charge on any atom is 0.179 e. The summed E-state index contributed by atoms with van der Waals surface area (Å²) in [5.41, 5.74) is 0.898. The van der Waals surface area contributed by atoms with E-state index in [0.717, 1.165) is 43.2 Å². The minimum atomic E-state index is -3.31. The van der Waals surface area contributed by atoms with E-state index in [9.17, 15) is 12.8 Å². The molecule has 0 aliphatic carbocycles. The van der Waals surface area contributed by atoms with Gasteiger partial charge in [0.15, 0.2) is 9.84 Å². The third kappa shape index (κ3) is 4.66. The van der Waals surface area contributed by atoms with E-state index in [1.54, 1.807) is 41.8 Å². The zero-order valence-corrected chi connectivity index (χ0v) is 17.7. The molecule has 5 nitrogen and oxygen atoms in total. The summed E-state index contributed by atoms with van der Waals surface area (Å²) in [7, 11) is -3.31. The van der Waals surface area contributed by atoms with Crippen molar-refractivity contribution < 1.29 is 12.8 Å². The number of benzene rings is 1. The van der Waals surface area contributed by atoms with Crippen LogP contribution in [0, 0.1) is 5.82 Å². The first-order valence-corrected chi connectivity index (χ1v) is 12.1. The summed E-state index contributed by atoms with van der Waals surface area (Å²) in [6.45, 7) is 3.93. The molecule has 0 amide bonds. The molecule has 1 aromatic carbocycles. The van der Waals surface area contributed by atoms with E-state index in [2.05, 4.69) is 16.0 Å². The van der Waals surface area contributed by atoms with Crippen LogP contribution < -0.4 is 4.90 Å². The molecule has 2 aromatic heterocycles. The molecule has 1 fully saturated rings. The van der Waals surface area contributed by atoms with Gasteiger partial charge in [-0.3, -0.25) is 4.90 Å². The molecule has 0 bridgehead atoms. The van der Waals surface area contributed by atoms with Gasteiger partial charge in [0.25, 0.3) is 0 Å². The highest BCUT2D eigenvalue weighted by atomic mass is 32.2. The van der Waals surface area contributed by atoms with E-state index in [-0.39, 0.29) is 10.7 Å². The summed E-state index contributed by atoms with van der Waals surface area (Å²) in [6, 6.07) is 14.1. The van der Waals surface area contributed by atoms with Crippen molar-refractivity contribution >= 4 is 27.0 Å². The van der Waals surface area contributed by atoms with Gasteiger partial charge in [0, 0.05) is 54.9 Å². The van der Waals surface area contributed by atoms with Crippen molar-refractivity contribution in [3.8, 4) is 10.4 Å². The SMILES string of the molecule is CS(=O)(=O)c1cccnc1N1CCN(Cc2ccc(-c3cccc(F)c3)s2)CC1. The fourth-order valence-electron chi connectivity index (χ4n) is 3.51. The summed E-state index contributed by atoms with van der Waals surface area (Å²) in [5.74, 6) is 0.315. The van der Waals surface area contributed by atoms with Crippen LogP contribution in [-0.4, -0.2) is 50.7 Å². The Kier molecular flexibility index (Phi) is 5.67. The van der Waals surface area contributed by atoms with E-state index < -0.39 is 9.84 Å². The lowest BCUT2D eigenvalue weighted by molar-refractivity contribution is 0.251. The zero-order valence-electron chi connectivity index (χ0n) is 16.1. The van der Waals surface area contributed by atoms with Gasteiger partial charge >= 0.3 is 0 Å². The molecule has 8 heteroatoms. The lowest BCUT2D eigenvalue weighted by Crippen LogP contribution is -2.46. The van der Waals surface area contributed by atoms with Crippen molar-refractivity contribution in [2.45, 2.75) is 11.4 Å². The van der Waals surface area contributed by atoms with E-state index >= 15 is 0 Å². The molecular weight excluding hydrogens is 409 g/mol. The van der Waals surface area contributed by atoms with Gasteiger partial charge in [0.2, 0.25) is 0 Å². The third-order valence-electron chi connectivity index (χ3n) is 4.97. The molecule has 0 atom stereocenters. The number of hydrogen-bond donors (Lipinski definition) is 0. The summed E-state index contributed by atoms with van der Waals surface area (Å²) in [6.07, 6.45) is 2.85. The largest absolute Gasteiger partial charge is 0.353 e. The normalized spacial score (nSPS) is 15.6. The van der Waals surface area contributed by atoms with E-state index in [0.29, 0.717) is 5.82 Å². The Labute approximate surface area is 174 Å². The van der Waals surface area contributed by atoms with Gasteiger partial charge in [0.05, 0.1) is 0 Å². The maximum absolute atomic E-state index is 13.5. The van der Waals surface area contributed by atoms with Crippen LogP contribution in [0.4, 0.5) is 10.2 Å². The number of sulfone groups is 1. The summed E-state index contributed by atoms with van der Waals surface area (Å²) in [4.78, 5) is 11.3. The van der Waals surface area contributed by atoms with Gasteiger partial charge in [-0.2, -0.15) is 0 Å². The third-order valence-corrected chi connectivity index (χ3v) is 7.21. The van der Waals surface area contributed by atoms with Gasteiger partial charge in [-0.1, -0.05) is 12.1 Å². The molecule has 3 heterocycles. The van der Waals surface area contributed by atoms with Crippen LogP contribution in [-0.2, 0) is 16.4 Å². The van der Waals surface area contributed by atoms with Crippen molar-refractivity contribution in [1.29, 1.82) is 0 Å². The van der Waals surface area contributed by atoms with Gasteiger partial charge in [-0.05, 0) is 42.0 Å². The smallest absolute Gasteiger partial charge is 0.179 e. The van der Waals surface area contributed by atoms with Crippen LogP contribution in [0.15, 0.2) is 59.6 Å². The van der Waals surface area contributed by atoms with E-state index in [1.807, 2.05) is 17.0 Å². The second-order valence-corrected chi connectivity index (χ2v) is 10.3. The number of aromatic nitrogens is 1. The molecule has 0 saturated carbocycles. The molecule has 4 rings (SSSR count). The molecule has 1 saturated heterocycles. The Balaban J connectivity index is 1.40. The number of thiophene rings is 1. The summed E-state index contributed by atoms with van der Waals surface area (Å²) in [5, 5.41) is 0. The predicted octanol–water partition coefficient (Wildman–Crippen LogP) is 3.67. The zero-order chi connectivity index (χ0) is 20.4. The maximum atomic E-state index is 13.5. The predicted molar refractivity (Wildman–Crippen MR) is 115 cm³/mol. The molecular formula is C21H22FN3O2S2. The molecule has 0 radical (unpaired) electrons. The van der Waals surface area contributed by atoms with Crippen molar-refractivity contribution in [3.05, 3.63) is 65.4 Å². The van der Waals surface area contributed by atoms with Gasteiger partial charge in [-0.15, -0.1) is 11.3 Å². The van der Waals surface area contributed by atoms with Crippen LogP contribution in [0.3, 0.4) is 0 Å². The number of rotatable bonds is 5. The molecule has 3 aromatic rings. The molecule has 1 aliphatic rings. The molecule has 0 spiro atoms. The number of hydrogen-bond acceptors (Lipinski definition) is 6. The Morgan fingerprint density at radius 3 is 2.59 bits per heavy atom. The lowest BCUT2D eigenvalue weighted by Gasteiger charge is -2.35. The van der Waals surface area contributed by atoms with Gasteiger partial charge in [0.1, 0.15) is 16.5 Å². The number of halogens is 1. The fourth-order valence-corrected chi connectivity index (χ4v) is 5.39. The second kappa shape index (κ2) is 8.22. The molecule has 1 aliphatic heterocycles. The number of pyridine rings is 1. The average Bonchev–Trinajstić information content (AvgIpc) is 3.16. The van der Waals surface area contributed by atoms with Crippen molar-refractivity contribution in [2.75, 3.05) is 37.3 Å². The topological polar surface area (TPSA) is 53.5 Å². The van der Waals surface area contributed by atoms with Crippen LogP contribution in [0.1, 0.15) is 4.88 Å². The summed E-state index contributed by atoms with van der Waals surface area (Å²) < 4.78 is 37.5. The molecule has 152 valence electrons. The Morgan fingerprint density at radius 1 is 1.07 bits per heavy atom. The van der Waals surface area contributed by atoms with E-state index in [4.69, 9.17) is 0 Å². The highest BCUT2D eigenvalue weighted by Crippen LogP contribution is 2.30. The van der Waals surface area contributed by atoms with E-state index in [1.165, 1.54) is 17.2 Å². The number of piperazine rings is 1. The minimum Gasteiger partial charge on any atom is -0.353 e. The van der Waals surface area contributed by atoms with Crippen LogP contribution in [0.5, 0.6) is 0 Å². The molecule has 0 unspecified atom stereocenters. The van der Waals surface area contributed by atoms with Crippen molar-refractivity contribution in [1.82, 2.24) is 9.88 Å². The highest BCUT2D eigenvalue weighted by molar-refractivity contribution is 7.90. The molecule has 29 heavy (non-hydrogen) atoms. The highest BCUT2D eigenvalue weighted by Gasteiger charge is 2.23. The quantitative estimate of drug-likeness (QED) is 0.617. The summed E-state index contributed by atoms with van der Waals surface area (Å²) >= 11 is 1.68. The number of anilines is 1. The first-order valence-electron chi connectivity index (χ1n) is 9.37. The Bertz CT molecular complexity index is 1110. The van der Waals surface area contributed by atoms with Gasteiger partial charge < -0.3 is 4.90 Å². The minimum absolute atomic E-state index is 0.225.